The second-order valence-corrected chi connectivity index (χ2v) is 6.58. The highest BCUT2D eigenvalue weighted by molar-refractivity contribution is 5.68. The zero-order valence-corrected chi connectivity index (χ0v) is 14.6. The Labute approximate surface area is 143 Å². The normalized spacial score (nSPS) is 21.8. The Balaban J connectivity index is 1.62. The minimum Gasteiger partial charge on any atom is -0.450 e. The van der Waals surface area contributed by atoms with E-state index in [0.29, 0.717) is 25.6 Å². The van der Waals surface area contributed by atoms with Crippen molar-refractivity contribution in [3.63, 3.8) is 0 Å². The summed E-state index contributed by atoms with van der Waals surface area (Å²) in [6.07, 6.45) is 4.11. The third-order valence-electron chi connectivity index (χ3n) is 4.70. The van der Waals surface area contributed by atoms with Crippen LogP contribution in [0.5, 0.6) is 0 Å². The first-order chi connectivity index (χ1) is 11.7. The number of carbonyl (C=O) groups is 1. The van der Waals surface area contributed by atoms with Crippen molar-refractivity contribution in [3.8, 4) is 0 Å². The summed E-state index contributed by atoms with van der Waals surface area (Å²) < 4.78 is 5.07. The first-order valence-electron chi connectivity index (χ1n) is 8.92. The van der Waals surface area contributed by atoms with Crippen LogP contribution >= 0.6 is 0 Å². The number of ether oxygens (including phenoxy) is 1. The number of aromatic nitrogens is 2. The van der Waals surface area contributed by atoms with Gasteiger partial charge in [0.25, 0.3) is 0 Å². The molecule has 1 unspecified atom stereocenters. The van der Waals surface area contributed by atoms with Gasteiger partial charge in [-0.2, -0.15) is 4.98 Å². The molecule has 1 aromatic heterocycles. The minimum atomic E-state index is -0.220. The number of nitrogens with zero attached hydrogens (tertiary/aromatic N) is 5. The molecule has 24 heavy (non-hydrogen) atoms. The summed E-state index contributed by atoms with van der Waals surface area (Å²) in [6.45, 7) is 9.46. The van der Waals surface area contributed by atoms with E-state index in [-0.39, 0.29) is 6.09 Å². The lowest BCUT2D eigenvalue weighted by molar-refractivity contribution is 0.105. The smallest absolute Gasteiger partial charge is 0.409 e. The van der Waals surface area contributed by atoms with Gasteiger partial charge in [0.05, 0.1) is 6.61 Å². The quantitative estimate of drug-likeness (QED) is 0.843. The van der Waals surface area contributed by atoms with Crippen molar-refractivity contribution in [2.75, 3.05) is 55.7 Å². The Morgan fingerprint density at radius 1 is 1.25 bits per heavy atom. The standard InChI is InChI=1S/C17H27N5O2/c1-3-24-17(23)21-11-9-20(10-12-21)15-6-7-18-16(19-15)22-8-4-5-14(2)13-22/h6-7,14H,3-5,8-13H2,1-2H3. The molecule has 7 heteroatoms. The molecule has 1 atom stereocenters. The summed E-state index contributed by atoms with van der Waals surface area (Å²) in [4.78, 5) is 27.3. The van der Waals surface area contributed by atoms with Gasteiger partial charge < -0.3 is 19.4 Å². The summed E-state index contributed by atoms with van der Waals surface area (Å²) in [5.74, 6) is 2.47. The molecule has 1 amide bonds. The Bertz CT molecular complexity index is 560. The van der Waals surface area contributed by atoms with E-state index in [4.69, 9.17) is 9.72 Å². The lowest BCUT2D eigenvalue weighted by atomic mass is 10.0. The van der Waals surface area contributed by atoms with Gasteiger partial charge in [0.2, 0.25) is 5.95 Å². The van der Waals surface area contributed by atoms with E-state index in [2.05, 4.69) is 21.7 Å². The van der Waals surface area contributed by atoms with Crippen molar-refractivity contribution in [3.05, 3.63) is 12.3 Å². The molecule has 0 saturated carbocycles. The summed E-state index contributed by atoms with van der Waals surface area (Å²) in [7, 11) is 0. The molecule has 2 saturated heterocycles. The molecular formula is C17H27N5O2. The van der Waals surface area contributed by atoms with Crippen molar-refractivity contribution in [2.45, 2.75) is 26.7 Å². The zero-order valence-electron chi connectivity index (χ0n) is 14.6. The molecule has 2 aliphatic heterocycles. The summed E-state index contributed by atoms with van der Waals surface area (Å²) >= 11 is 0. The molecule has 2 aliphatic rings. The Kier molecular flexibility index (Phi) is 5.37. The van der Waals surface area contributed by atoms with E-state index in [0.717, 1.165) is 37.9 Å². The second-order valence-electron chi connectivity index (χ2n) is 6.58. The SMILES string of the molecule is CCOC(=O)N1CCN(c2ccnc(N3CCCC(C)C3)n2)CC1. The van der Waals surface area contributed by atoms with Crippen molar-refractivity contribution >= 4 is 17.9 Å². The van der Waals surface area contributed by atoms with E-state index in [1.54, 1.807) is 4.90 Å². The number of hydrogen-bond acceptors (Lipinski definition) is 6. The number of hydrogen-bond donors (Lipinski definition) is 0. The number of carbonyl (C=O) groups excluding carboxylic acids is 1. The second kappa shape index (κ2) is 7.68. The van der Waals surface area contributed by atoms with E-state index < -0.39 is 0 Å². The average molecular weight is 333 g/mol. The van der Waals surface area contributed by atoms with Gasteiger partial charge in [-0.25, -0.2) is 9.78 Å². The van der Waals surface area contributed by atoms with Crippen molar-refractivity contribution in [2.24, 2.45) is 5.92 Å². The van der Waals surface area contributed by atoms with Gasteiger partial charge in [0, 0.05) is 45.5 Å². The van der Waals surface area contributed by atoms with Crippen LogP contribution in [0.1, 0.15) is 26.7 Å². The van der Waals surface area contributed by atoms with Gasteiger partial charge >= 0.3 is 6.09 Å². The minimum absolute atomic E-state index is 0.220. The van der Waals surface area contributed by atoms with Crippen LogP contribution in [0.25, 0.3) is 0 Å². The molecule has 0 bridgehead atoms. The molecule has 0 N–H and O–H groups in total. The lowest BCUT2D eigenvalue weighted by Crippen LogP contribution is -2.49. The van der Waals surface area contributed by atoms with Gasteiger partial charge in [0.15, 0.2) is 0 Å². The van der Waals surface area contributed by atoms with E-state index in [1.807, 2.05) is 19.2 Å². The van der Waals surface area contributed by atoms with Gasteiger partial charge in [-0.1, -0.05) is 6.92 Å². The zero-order chi connectivity index (χ0) is 16.9. The van der Waals surface area contributed by atoms with Crippen molar-refractivity contribution < 1.29 is 9.53 Å². The molecule has 0 radical (unpaired) electrons. The summed E-state index contributed by atoms with van der Waals surface area (Å²) in [6, 6.07) is 1.96. The largest absolute Gasteiger partial charge is 0.450 e. The number of piperazine rings is 1. The van der Waals surface area contributed by atoms with Crippen LogP contribution in [0, 0.1) is 5.92 Å². The van der Waals surface area contributed by atoms with Crippen LogP contribution in [0.3, 0.4) is 0 Å². The highest BCUT2D eigenvalue weighted by Gasteiger charge is 2.24. The fraction of sp³-hybridized carbons (Fsp3) is 0.706. The number of rotatable bonds is 3. The fourth-order valence-corrected chi connectivity index (χ4v) is 3.37. The Hall–Kier alpha value is -2.05. The van der Waals surface area contributed by atoms with Crippen LogP contribution in [0.4, 0.5) is 16.6 Å². The maximum atomic E-state index is 11.8. The average Bonchev–Trinajstić information content (AvgIpc) is 2.62. The predicted molar refractivity (Wildman–Crippen MR) is 93.5 cm³/mol. The molecule has 1 aromatic rings. The van der Waals surface area contributed by atoms with Crippen LogP contribution in [-0.2, 0) is 4.74 Å². The maximum Gasteiger partial charge on any atom is 0.409 e. The predicted octanol–water partition coefficient (Wildman–Crippen LogP) is 1.99. The molecule has 3 heterocycles. The van der Waals surface area contributed by atoms with Gasteiger partial charge in [-0.05, 0) is 31.7 Å². The molecule has 0 spiro atoms. The van der Waals surface area contributed by atoms with Gasteiger partial charge in [0.1, 0.15) is 5.82 Å². The third-order valence-corrected chi connectivity index (χ3v) is 4.70. The monoisotopic (exact) mass is 333 g/mol. The molecule has 0 aromatic carbocycles. The van der Waals surface area contributed by atoms with Crippen molar-refractivity contribution in [1.82, 2.24) is 14.9 Å². The number of piperidine rings is 1. The van der Waals surface area contributed by atoms with Crippen LogP contribution in [-0.4, -0.2) is 66.8 Å². The van der Waals surface area contributed by atoms with Gasteiger partial charge in [-0.3, -0.25) is 0 Å². The van der Waals surface area contributed by atoms with E-state index >= 15 is 0 Å². The summed E-state index contributed by atoms with van der Waals surface area (Å²) in [5, 5.41) is 0. The molecule has 0 aliphatic carbocycles. The number of amides is 1. The third kappa shape index (κ3) is 3.88. The first-order valence-corrected chi connectivity index (χ1v) is 8.92. The van der Waals surface area contributed by atoms with E-state index in [1.165, 1.54) is 12.8 Å². The molecule has 7 nitrogen and oxygen atoms in total. The Morgan fingerprint density at radius 3 is 2.75 bits per heavy atom. The van der Waals surface area contributed by atoms with Crippen LogP contribution in [0.15, 0.2) is 12.3 Å². The highest BCUT2D eigenvalue weighted by Crippen LogP contribution is 2.22. The lowest BCUT2D eigenvalue weighted by Gasteiger charge is -2.35. The molecule has 2 fully saturated rings. The van der Waals surface area contributed by atoms with Gasteiger partial charge in [-0.15, -0.1) is 0 Å². The highest BCUT2D eigenvalue weighted by atomic mass is 16.6. The fourth-order valence-electron chi connectivity index (χ4n) is 3.37. The maximum absolute atomic E-state index is 11.8. The van der Waals surface area contributed by atoms with Crippen molar-refractivity contribution in [1.29, 1.82) is 0 Å². The number of anilines is 2. The topological polar surface area (TPSA) is 61.8 Å². The Morgan fingerprint density at radius 2 is 2.04 bits per heavy atom. The van der Waals surface area contributed by atoms with E-state index in [9.17, 15) is 4.79 Å². The van der Waals surface area contributed by atoms with Crippen LogP contribution in [0.2, 0.25) is 0 Å². The molecule has 132 valence electrons. The molecule has 3 rings (SSSR count). The molecular weight excluding hydrogens is 306 g/mol. The summed E-state index contributed by atoms with van der Waals surface area (Å²) in [5.41, 5.74) is 0. The van der Waals surface area contributed by atoms with Crippen LogP contribution < -0.4 is 9.80 Å². The first kappa shape index (κ1) is 16.8.